The number of halogens is 2. The number of aromatic nitrogens is 1. The van der Waals surface area contributed by atoms with Gasteiger partial charge in [-0.2, -0.15) is 0 Å². The number of carbonyl (C=O) groups is 2. The maximum Gasteiger partial charge on any atom is 0.255 e. The number of ether oxygens (including phenoxy) is 1. The minimum atomic E-state index is -0.176. The highest BCUT2D eigenvalue weighted by Gasteiger charge is 2.26. The topological polar surface area (TPSA) is 62.7 Å². The molecule has 0 bridgehead atoms. The van der Waals surface area contributed by atoms with E-state index in [-0.39, 0.29) is 22.0 Å². The van der Waals surface area contributed by atoms with Gasteiger partial charge in [-0.25, -0.2) is 4.98 Å². The van der Waals surface area contributed by atoms with Crippen molar-refractivity contribution in [1.29, 1.82) is 0 Å². The highest BCUT2D eigenvalue weighted by molar-refractivity contribution is 6.41. The molecule has 1 aliphatic heterocycles. The Labute approximate surface area is 161 Å². The second-order valence-electron chi connectivity index (χ2n) is 5.81. The molecule has 1 aromatic carbocycles. The Hall–Kier alpha value is -2.31. The van der Waals surface area contributed by atoms with Crippen molar-refractivity contribution in [3.05, 3.63) is 57.8 Å². The summed E-state index contributed by atoms with van der Waals surface area (Å²) in [5, 5.41) is 0.404. The van der Waals surface area contributed by atoms with Crippen LogP contribution in [0.3, 0.4) is 0 Å². The summed E-state index contributed by atoms with van der Waals surface area (Å²) < 4.78 is 5.16. The van der Waals surface area contributed by atoms with Crippen LogP contribution in [-0.2, 0) is 0 Å². The van der Waals surface area contributed by atoms with Gasteiger partial charge in [0.05, 0.1) is 17.7 Å². The van der Waals surface area contributed by atoms with Crippen LogP contribution in [0.4, 0.5) is 0 Å². The molecular weight excluding hydrogens is 377 g/mol. The predicted octanol–water partition coefficient (Wildman–Crippen LogP) is 3.00. The summed E-state index contributed by atoms with van der Waals surface area (Å²) in [4.78, 5) is 32.5. The van der Waals surface area contributed by atoms with Crippen LogP contribution >= 0.6 is 23.2 Å². The first-order chi connectivity index (χ1) is 12.5. The zero-order chi connectivity index (χ0) is 18.7. The van der Waals surface area contributed by atoms with Crippen LogP contribution in [0.5, 0.6) is 5.75 Å². The van der Waals surface area contributed by atoms with Gasteiger partial charge in [0, 0.05) is 37.9 Å². The largest absolute Gasteiger partial charge is 0.497 e. The molecule has 0 spiro atoms. The van der Waals surface area contributed by atoms with Crippen LogP contribution in [0.25, 0.3) is 0 Å². The highest BCUT2D eigenvalue weighted by Crippen LogP contribution is 2.21. The number of carbonyl (C=O) groups excluding carboxylic acids is 2. The van der Waals surface area contributed by atoms with Gasteiger partial charge >= 0.3 is 0 Å². The van der Waals surface area contributed by atoms with Crippen LogP contribution in [0.15, 0.2) is 36.5 Å². The third kappa shape index (κ3) is 3.92. The summed E-state index contributed by atoms with van der Waals surface area (Å²) in [7, 11) is 1.56. The lowest BCUT2D eigenvalue weighted by molar-refractivity contribution is 0.0535. The second-order valence-corrected chi connectivity index (χ2v) is 6.58. The van der Waals surface area contributed by atoms with E-state index in [4.69, 9.17) is 27.9 Å². The molecule has 0 unspecified atom stereocenters. The summed E-state index contributed by atoms with van der Waals surface area (Å²) in [5.74, 6) is 0.383. The second kappa shape index (κ2) is 7.93. The average molecular weight is 394 g/mol. The van der Waals surface area contributed by atoms with E-state index in [0.29, 0.717) is 43.1 Å². The quantitative estimate of drug-likeness (QED) is 0.751. The van der Waals surface area contributed by atoms with Gasteiger partial charge in [-0.1, -0.05) is 29.3 Å². The van der Waals surface area contributed by atoms with Gasteiger partial charge in [-0.3, -0.25) is 9.59 Å². The first-order valence-corrected chi connectivity index (χ1v) is 8.79. The van der Waals surface area contributed by atoms with E-state index in [9.17, 15) is 9.59 Å². The predicted molar refractivity (Wildman–Crippen MR) is 99.1 cm³/mol. The van der Waals surface area contributed by atoms with Crippen molar-refractivity contribution in [2.24, 2.45) is 0 Å². The molecule has 0 saturated carbocycles. The van der Waals surface area contributed by atoms with Crippen molar-refractivity contribution in [3.8, 4) is 5.75 Å². The molecule has 26 heavy (non-hydrogen) atoms. The molecule has 136 valence electrons. The smallest absolute Gasteiger partial charge is 0.255 e. The molecule has 6 nitrogen and oxygen atoms in total. The molecule has 3 rings (SSSR count). The molecule has 0 aliphatic carbocycles. The monoisotopic (exact) mass is 393 g/mol. The fourth-order valence-electron chi connectivity index (χ4n) is 2.77. The molecule has 8 heteroatoms. The van der Waals surface area contributed by atoms with E-state index >= 15 is 0 Å². The highest BCUT2D eigenvalue weighted by atomic mass is 35.5. The SMILES string of the molecule is COc1cccc(C(=O)N2CCN(C(=O)c3cnc(Cl)c(Cl)c3)CC2)c1. The average Bonchev–Trinajstić information content (AvgIpc) is 2.69. The molecular formula is C18H17Cl2N3O3. The Bertz CT molecular complexity index is 836. The van der Waals surface area contributed by atoms with E-state index in [1.54, 1.807) is 41.2 Å². The van der Waals surface area contributed by atoms with E-state index in [2.05, 4.69) is 4.98 Å². The van der Waals surface area contributed by atoms with Crippen molar-refractivity contribution in [2.45, 2.75) is 0 Å². The number of hydrogen-bond donors (Lipinski definition) is 0. The lowest BCUT2D eigenvalue weighted by Gasteiger charge is -2.34. The molecule has 2 aromatic rings. The number of rotatable bonds is 3. The number of methoxy groups -OCH3 is 1. The van der Waals surface area contributed by atoms with Crippen molar-refractivity contribution in [2.75, 3.05) is 33.3 Å². The van der Waals surface area contributed by atoms with Crippen molar-refractivity contribution in [1.82, 2.24) is 14.8 Å². The van der Waals surface area contributed by atoms with Crippen molar-refractivity contribution < 1.29 is 14.3 Å². The van der Waals surface area contributed by atoms with E-state index in [0.717, 1.165) is 0 Å². The number of hydrogen-bond acceptors (Lipinski definition) is 4. The Morgan fingerprint density at radius 1 is 1.00 bits per heavy atom. The van der Waals surface area contributed by atoms with Crippen molar-refractivity contribution in [3.63, 3.8) is 0 Å². The molecule has 2 amide bonds. The van der Waals surface area contributed by atoms with Gasteiger partial charge < -0.3 is 14.5 Å². The minimum absolute atomic E-state index is 0.0767. The summed E-state index contributed by atoms with van der Waals surface area (Å²) in [6.07, 6.45) is 1.41. The normalized spacial score (nSPS) is 14.3. The number of amides is 2. The molecule has 1 aliphatic rings. The Kier molecular flexibility index (Phi) is 5.64. The van der Waals surface area contributed by atoms with Crippen LogP contribution < -0.4 is 4.74 Å². The van der Waals surface area contributed by atoms with Gasteiger partial charge in [-0.05, 0) is 24.3 Å². The summed E-state index contributed by atoms with van der Waals surface area (Å²) >= 11 is 11.7. The van der Waals surface area contributed by atoms with Gasteiger partial charge in [0.15, 0.2) is 0 Å². The maximum absolute atomic E-state index is 12.6. The minimum Gasteiger partial charge on any atom is -0.497 e. The van der Waals surface area contributed by atoms with Crippen LogP contribution in [0, 0.1) is 0 Å². The zero-order valence-electron chi connectivity index (χ0n) is 14.1. The molecule has 2 heterocycles. The fraction of sp³-hybridized carbons (Fsp3) is 0.278. The molecule has 1 aromatic heterocycles. The molecule has 0 atom stereocenters. The van der Waals surface area contributed by atoms with Gasteiger partial charge in [0.1, 0.15) is 10.9 Å². The zero-order valence-corrected chi connectivity index (χ0v) is 15.6. The molecule has 0 radical (unpaired) electrons. The third-order valence-corrected chi connectivity index (χ3v) is 4.90. The number of pyridine rings is 1. The third-order valence-electron chi connectivity index (χ3n) is 4.21. The Morgan fingerprint density at radius 3 is 2.19 bits per heavy atom. The lowest BCUT2D eigenvalue weighted by atomic mass is 10.1. The van der Waals surface area contributed by atoms with Crippen LogP contribution in [-0.4, -0.2) is 59.9 Å². The number of piperazine rings is 1. The van der Waals surface area contributed by atoms with Gasteiger partial charge in [0.2, 0.25) is 0 Å². The van der Waals surface area contributed by atoms with E-state index in [1.165, 1.54) is 12.3 Å². The Balaban J connectivity index is 1.64. The van der Waals surface area contributed by atoms with Crippen LogP contribution in [0.1, 0.15) is 20.7 Å². The maximum atomic E-state index is 12.6. The van der Waals surface area contributed by atoms with E-state index in [1.807, 2.05) is 0 Å². The van der Waals surface area contributed by atoms with E-state index < -0.39 is 0 Å². The number of benzene rings is 1. The summed E-state index contributed by atoms with van der Waals surface area (Å²) in [6, 6.07) is 8.54. The first-order valence-electron chi connectivity index (χ1n) is 8.03. The molecule has 0 N–H and O–H groups in total. The Morgan fingerprint density at radius 2 is 1.62 bits per heavy atom. The standard InChI is InChI=1S/C18H17Cl2N3O3/c1-26-14-4-2-3-12(9-14)17(24)22-5-7-23(8-6-22)18(25)13-10-15(19)16(20)21-11-13/h2-4,9-11H,5-8H2,1H3. The first kappa shape index (κ1) is 18.5. The molecule has 1 fully saturated rings. The summed E-state index contributed by atoms with van der Waals surface area (Å²) in [5.41, 5.74) is 0.949. The molecule has 1 saturated heterocycles. The van der Waals surface area contributed by atoms with Gasteiger partial charge in [0.25, 0.3) is 11.8 Å². The van der Waals surface area contributed by atoms with Crippen LogP contribution in [0.2, 0.25) is 10.2 Å². The summed E-state index contributed by atoms with van der Waals surface area (Å²) in [6.45, 7) is 1.79. The fourth-order valence-corrected chi connectivity index (χ4v) is 3.04. The van der Waals surface area contributed by atoms with Crippen molar-refractivity contribution >= 4 is 35.0 Å². The number of nitrogens with zero attached hydrogens (tertiary/aromatic N) is 3. The lowest BCUT2D eigenvalue weighted by Crippen LogP contribution is -2.50. The van der Waals surface area contributed by atoms with Gasteiger partial charge in [-0.15, -0.1) is 0 Å².